The van der Waals surface area contributed by atoms with E-state index in [0.717, 1.165) is 5.56 Å². The SMILES string of the molecule is CC(=O)Nc1cccc(NC(=O)COC(=O)/C=C/c2ccc3c(c2)OCCO3)c1. The first kappa shape index (κ1) is 19.9. The quantitative estimate of drug-likeness (QED) is 0.575. The van der Waals surface area contributed by atoms with Crippen molar-refractivity contribution in [1.29, 1.82) is 0 Å². The Hall–Kier alpha value is -3.81. The molecule has 0 radical (unpaired) electrons. The van der Waals surface area contributed by atoms with E-state index in [-0.39, 0.29) is 5.91 Å². The summed E-state index contributed by atoms with van der Waals surface area (Å²) in [6.45, 7) is 1.94. The van der Waals surface area contributed by atoms with Crippen LogP contribution in [0.5, 0.6) is 11.5 Å². The zero-order chi connectivity index (χ0) is 20.6. The highest BCUT2D eigenvalue weighted by atomic mass is 16.6. The molecule has 1 aliphatic rings. The summed E-state index contributed by atoms with van der Waals surface area (Å²) in [5.74, 6) is -0.0804. The van der Waals surface area contributed by atoms with E-state index in [1.165, 1.54) is 13.0 Å². The number of fused-ring (bicyclic) bond motifs is 1. The molecule has 2 amide bonds. The van der Waals surface area contributed by atoms with Gasteiger partial charge in [0, 0.05) is 24.4 Å². The molecule has 1 aliphatic heterocycles. The van der Waals surface area contributed by atoms with Gasteiger partial charge in [0.15, 0.2) is 18.1 Å². The van der Waals surface area contributed by atoms with Crippen LogP contribution in [0.4, 0.5) is 11.4 Å². The van der Waals surface area contributed by atoms with E-state index in [1.54, 1.807) is 48.5 Å². The minimum absolute atomic E-state index is 0.216. The maximum atomic E-state index is 12.0. The van der Waals surface area contributed by atoms with E-state index in [9.17, 15) is 14.4 Å². The average molecular weight is 396 g/mol. The van der Waals surface area contributed by atoms with Crippen molar-refractivity contribution in [2.24, 2.45) is 0 Å². The topological polar surface area (TPSA) is 103 Å². The molecule has 2 aromatic rings. The summed E-state index contributed by atoms with van der Waals surface area (Å²) in [4.78, 5) is 34.9. The molecule has 3 rings (SSSR count). The predicted octanol–water partition coefficient (Wildman–Crippen LogP) is 2.61. The molecule has 0 unspecified atom stereocenters. The highest BCUT2D eigenvalue weighted by Gasteiger charge is 2.11. The van der Waals surface area contributed by atoms with E-state index in [0.29, 0.717) is 36.1 Å². The Labute approximate surface area is 167 Å². The van der Waals surface area contributed by atoms with Crippen LogP contribution in [-0.2, 0) is 19.1 Å². The number of carbonyl (C=O) groups excluding carboxylic acids is 3. The summed E-state index contributed by atoms with van der Waals surface area (Å²) in [6, 6.07) is 11.9. The number of amides is 2. The third kappa shape index (κ3) is 6.10. The van der Waals surface area contributed by atoms with Crippen LogP contribution in [0, 0.1) is 0 Å². The number of benzene rings is 2. The lowest BCUT2D eigenvalue weighted by Gasteiger charge is -2.18. The Morgan fingerprint density at radius 2 is 1.72 bits per heavy atom. The lowest BCUT2D eigenvalue weighted by atomic mass is 10.2. The molecule has 0 aromatic heterocycles. The molecule has 0 aliphatic carbocycles. The molecule has 1 heterocycles. The Bertz CT molecular complexity index is 954. The molecule has 2 aromatic carbocycles. The molecular weight excluding hydrogens is 376 g/mol. The van der Waals surface area contributed by atoms with Crippen molar-refractivity contribution >= 4 is 35.2 Å². The molecule has 29 heavy (non-hydrogen) atoms. The van der Waals surface area contributed by atoms with Gasteiger partial charge in [-0.25, -0.2) is 4.79 Å². The van der Waals surface area contributed by atoms with E-state index >= 15 is 0 Å². The Morgan fingerprint density at radius 1 is 1.00 bits per heavy atom. The Balaban J connectivity index is 1.48. The molecule has 8 nitrogen and oxygen atoms in total. The lowest BCUT2D eigenvalue weighted by molar-refractivity contribution is -0.142. The fraction of sp³-hybridized carbons (Fsp3) is 0.190. The van der Waals surface area contributed by atoms with Crippen molar-refractivity contribution in [1.82, 2.24) is 0 Å². The number of esters is 1. The molecule has 0 saturated heterocycles. The zero-order valence-electron chi connectivity index (χ0n) is 15.8. The van der Waals surface area contributed by atoms with Gasteiger partial charge in [0.1, 0.15) is 13.2 Å². The summed E-state index contributed by atoms with van der Waals surface area (Å²) in [6.07, 6.45) is 2.80. The predicted molar refractivity (Wildman–Crippen MR) is 107 cm³/mol. The largest absolute Gasteiger partial charge is 0.486 e. The molecular formula is C21H20N2O6. The average Bonchev–Trinajstić information content (AvgIpc) is 2.70. The van der Waals surface area contributed by atoms with Crippen molar-refractivity contribution < 1.29 is 28.6 Å². The number of ether oxygens (including phenoxy) is 3. The first-order chi connectivity index (χ1) is 14.0. The van der Waals surface area contributed by atoms with Gasteiger partial charge < -0.3 is 24.8 Å². The van der Waals surface area contributed by atoms with Crippen LogP contribution in [-0.4, -0.2) is 37.6 Å². The second kappa shape index (κ2) is 9.41. The molecule has 0 saturated carbocycles. The van der Waals surface area contributed by atoms with E-state index in [2.05, 4.69) is 10.6 Å². The van der Waals surface area contributed by atoms with Gasteiger partial charge in [0.05, 0.1) is 0 Å². The molecule has 8 heteroatoms. The normalized spacial score (nSPS) is 12.3. The fourth-order valence-electron chi connectivity index (χ4n) is 2.59. The van der Waals surface area contributed by atoms with Gasteiger partial charge in [-0.3, -0.25) is 9.59 Å². The van der Waals surface area contributed by atoms with E-state index < -0.39 is 18.5 Å². The molecule has 150 valence electrons. The van der Waals surface area contributed by atoms with Gasteiger partial charge >= 0.3 is 5.97 Å². The number of anilines is 2. The van der Waals surface area contributed by atoms with Crippen LogP contribution in [0.3, 0.4) is 0 Å². The molecule has 0 spiro atoms. The summed E-state index contributed by atoms with van der Waals surface area (Å²) in [7, 11) is 0. The highest BCUT2D eigenvalue weighted by Crippen LogP contribution is 2.31. The maximum Gasteiger partial charge on any atom is 0.331 e. The third-order valence-corrected chi connectivity index (χ3v) is 3.79. The number of rotatable bonds is 6. The van der Waals surface area contributed by atoms with Crippen LogP contribution >= 0.6 is 0 Å². The monoisotopic (exact) mass is 396 g/mol. The van der Waals surface area contributed by atoms with Gasteiger partial charge in [-0.15, -0.1) is 0 Å². The summed E-state index contributed by atoms with van der Waals surface area (Å²) in [5.41, 5.74) is 1.77. The summed E-state index contributed by atoms with van der Waals surface area (Å²) < 4.78 is 15.9. The molecule has 0 fully saturated rings. The number of nitrogens with one attached hydrogen (secondary N) is 2. The van der Waals surface area contributed by atoms with Crippen molar-refractivity contribution in [2.45, 2.75) is 6.92 Å². The van der Waals surface area contributed by atoms with Gasteiger partial charge in [-0.05, 0) is 42.0 Å². The summed E-state index contributed by atoms with van der Waals surface area (Å²) in [5, 5.41) is 5.22. The summed E-state index contributed by atoms with van der Waals surface area (Å²) >= 11 is 0. The second-order valence-corrected chi connectivity index (χ2v) is 6.15. The number of carbonyl (C=O) groups is 3. The fourth-order valence-corrected chi connectivity index (χ4v) is 2.59. The van der Waals surface area contributed by atoms with E-state index in [4.69, 9.17) is 14.2 Å². The van der Waals surface area contributed by atoms with Gasteiger partial charge in [-0.2, -0.15) is 0 Å². The standard InChI is InChI=1S/C21H20N2O6/c1-14(24)22-16-3-2-4-17(12-16)23-20(25)13-29-21(26)8-6-15-5-7-18-19(11-15)28-10-9-27-18/h2-8,11-12H,9-10,13H2,1H3,(H,22,24)(H,23,25)/b8-6+. The van der Waals surface area contributed by atoms with Crippen molar-refractivity contribution in [3.63, 3.8) is 0 Å². The Morgan fingerprint density at radius 3 is 2.48 bits per heavy atom. The van der Waals surface area contributed by atoms with Crippen LogP contribution < -0.4 is 20.1 Å². The lowest BCUT2D eigenvalue weighted by Crippen LogP contribution is -2.20. The third-order valence-electron chi connectivity index (χ3n) is 3.79. The van der Waals surface area contributed by atoms with Crippen LogP contribution in [0.15, 0.2) is 48.5 Å². The second-order valence-electron chi connectivity index (χ2n) is 6.15. The van der Waals surface area contributed by atoms with Crippen molar-refractivity contribution in [3.05, 3.63) is 54.1 Å². The first-order valence-corrected chi connectivity index (χ1v) is 8.91. The maximum absolute atomic E-state index is 12.0. The van der Waals surface area contributed by atoms with E-state index in [1.807, 2.05) is 0 Å². The van der Waals surface area contributed by atoms with Gasteiger partial charge in [0.2, 0.25) is 5.91 Å². The molecule has 2 N–H and O–H groups in total. The zero-order valence-corrected chi connectivity index (χ0v) is 15.8. The molecule has 0 atom stereocenters. The highest BCUT2D eigenvalue weighted by molar-refractivity contribution is 5.95. The minimum atomic E-state index is -0.651. The smallest absolute Gasteiger partial charge is 0.331 e. The van der Waals surface area contributed by atoms with Gasteiger partial charge in [0.25, 0.3) is 5.91 Å². The number of hydrogen-bond donors (Lipinski definition) is 2. The van der Waals surface area contributed by atoms with Crippen LogP contribution in [0.1, 0.15) is 12.5 Å². The van der Waals surface area contributed by atoms with Crippen molar-refractivity contribution in [2.75, 3.05) is 30.5 Å². The molecule has 0 bridgehead atoms. The van der Waals surface area contributed by atoms with Crippen LogP contribution in [0.25, 0.3) is 6.08 Å². The first-order valence-electron chi connectivity index (χ1n) is 8.91. The van der Waals surface area contributed by atoms with Crippen molar-refractivity contribution in [3.8, 4) is 11.5 Å². The van der Waals surface area contributed by atoms with Gasteiger partial charge in [-0.1, -0.05) is 12.1 Å². The number of hydrogen-bond acceptors (Lipinski definition) is 6. The van der Waals surface area contributed by atoms with Crippen LogP contribution in [0.2, 0.25) is 0 Å². The Kier molecular flexibility index (Phi) is 6.47. The minimum Gasteiger partial charge on any atom is -0.486 e.